The van der Waals surface area contributed by atoms with Crippen LogP contribution in [0, 0.1) is 0 Å². The lowest BCUT2D eigenvalue weighted by molar-refractivity contribution is -0.132. The molecule has 0 unspecified atom stereocenters. The highest BCUT2D eigenvalue weighted by Gasteiger charge is 2.31. The largest absolute Gasteiger partial charge is 0.374 e. The van der Waals surface area contributed by atoms with Crippen LogP contribution >= 0.6 is 0 Å². The number of carbonyl (C=O) groups excluding carboxylic acids is 1. The number of hydrogen-bond donors (Lipinski definition) is 1. The van der Waals surface area contributed by atoms with Crippen molar-refractivity contribution >= 4 is 21.6 Å². The average molecular weight is 373 g/mol. The molecular formula is C19H23N3O3S. The van der Waals surface area contributed by atoms with E-state index in [0.717, 1.165) is 5.69 Å². The second kappa shape index (κ2) is 7.88. The first kappa shape index (κ1) is 18.4. The number of hydrogen-bond acceptors (Lipinski definition) is 4. The van der Waals surface area contributed by atoms with Crippen molar-refractivity contribution in [1.82, 2.24) is 9.21 Å². The summed E-state index contributed by atoms with van der Waals surface area (Å²) in [6.07, 6.45) is 0. The summed E-state index contributed by atoms with van der Waals surface area (Å²) in [7, 11) is -3.50. The van der Waals surface area contributed by atoms with Gasteiger partial charge in [0.1, 0.15) is 6.04 Å². The third-order valence-electron chi connectivity index (χ3n) is 4.46. The third-order valence-corrected chi connectivity index (χ3v) is 6.37. The van der Waals surface area contributed by atoms with Crippen LogP contribution in [-0.4, -0.2) is 55.8 Å². The highest BCUT2D eigenvalue weighted by molar-refractivity contribution is 7.89. The third kappa shape index (κ3) is 4.05. The first-order chi connectivity index (χ1) is 12.5. The van der Waals surface area contributed by atoms with Gasteiger partial charge >= 0.3 is 0 Å². The second-order valence-electron chi connectivity index (χ2n) is 6.27. The van der Waals surface area contributed by atoms with Crippen molar-refractivity contribution in [3.05, 3.63) is 60.7 Å². The van der Waals surface area contributed by atoms with Gasteiger partial charge in [0.05, 0.1) is 4.90 Å². The Labute approximate surface area is 154 Å². The van der Waals surface area contributed by atoms with Gasteiger partial charge in [0.15, 0.2) is 0 Å². The van der Waals surface area contributed by atoms with Gasteiger partial charge in [0.2, 0.25) is 15.9 Å². The minimum absolute atomic E-state index is 0.0226. The molecule has 2 aromatic rings. The van der Waals surface area contributed by atoms with Gasteiger partial charge in [-0.15, -0.1) is 0 Å². The van der Waals surface area contributed by atoms with Crippen molar-refractivity contribution in [2.45, 2.75) is 17.9 Å². The maximum atomic E-state index is 12.6. The molecule has 3 rings (SSSR count). The molecule has 1 atom stereocenters. The van der Waals surface area contributed by atoms with Gasteiger partial charge in [-0.3, -0.25) is 4.79 Å². The molecular weight excluding hydrogens is 350 g/mol. The maximum absolute atomic E-state index is 12.6. The van der Waals surface area contributed by atoms with Crippen molar-refractivity contribution in [3.8, 4) is 0 Å². The lowest BCUT2D eigenvalue weighted by Gasteiger charge is -2.35. The summed E-state index contributed by atoms with van der Waals surface area (Å²) in [5.74, 6) is -0.0226. The highest BCUT2D eigenvalue weighted by Crippen LogP contribution is 2.18. The minimum Gasteiger partial charge on any atom is -0.374 e. The second-order valence-corrected chi connectivity index (χ2v) is 8.21. The first-order valence-electron chi connectivity index (χ1n) is 8.64. The van der Waals surface area contributed by atoms with E-state index in [9.17, 15) is 13.2 Å². The summed E-state index contributed by atoms with van der Waals surface area (Å²) in [6, 6.07) is 17.6. The van der Waals surface area contributed by atoms with Crippen LogP contribution < -0.4 is 5.32 Å². The Balaban J connectivity index is 1.59. The molecule has 1 aliphatic heterocycles. The lowest BCUT2D eigenvalue weighted by atomic mass is 10.2. The number of para-hydroxylation sites is 1. The Morgan fingerprint density at radius 1 is 0.923 bits per heavy atom. The molecule has 138 valence electrons. The van der Waals surface area contributed by atoms with E-state index < -0.39 is 10.0 Å². The summed E-state index contributed by atoms with van der Waals surface area (Å²) in [5.41, 5.74) is 0.888. The van der Waals surface area contributed by atoms with E-state index in [1.54, 1.807) is 35.2 Å². The van der Waals surface area contributed by atoms with Crippen LogP contribution in [0.5, 0.6) is 0 Å². The molecule has 6 nitrogen and oxygen atoms in total. The summed E-state index contributed by atoms with van der Waals surface area (Å²) < 4.78 is 26.7. The number of anilines is 1. The fourth-order valence-corrected chi connectivity index (χ4v) is 4.45. The minimum atomic E-state index is -3.50. The predicted molar refractivity (Wildman–Crippen MR) is 101 cm³/mol. The van der Waals surface area contributed by atoms with Crippen LogP contribution in [0.1, 0.15) is 6.92 Å². The van der Waals surface area contributed by atoms with Crippen molar-refractivity contribution in [2.24, 2.45) is 0 Å². The topological polar surface area (TPSA) is 69.7 Å². The van der Waals surface area contributed by atoms with Crippen LogP contribution in [0.15, 0.2) is 65.6 Å². The van der Waals surface area contributed by atoms with Crippen molar-refractivity contribution in [2.75, 3.05) is 31.5 Å². The van der Waals surface area contributed by atoms with Crippen molar-refractivity contribution in [3.63, 3.8) is 0 Å². The molecule has 1 amide bonds. The molecule has 0 radical (unpaired) electrons. The number of carbonyl (C=O) groups is 1. The van der Waals surface area contributed by atoms with Crippen LogP contribution in [0.25, 0.3) is 0 Å². The SMILES string of the molecule is C[C@H](Nc1ccccc1)C(=O)N1CCN(S(=O)(=O)c2ccccc2)CC1. The molecule has 2 aromatic carbocycles. The molecule has 0 aliphatic carbocycles. The molecule has 7 heteroatoms. The first-order valence-corrected chi connectivity index (χ1v) is 10.1. The maximum Gasteiger partial charge on any atom is 0.244 e. The fraction of sp³-hybridized carbons (Fsp3) is 0.316. The molecule has 1 saturated heterocycles. The molecule has 1 heterocycles. The summed E-state index contributed by atoms with van der Waals surface area (Å²) in [5, 5.41) is 3.18. The van der Waals surface area contributed by atoms with Crippen molar-refractivity contribution < 1.29 is 13.2 Å². The van der Waals surface area contributed by atoms with Gasteiger partial charge < -0.3 is 10.2 Å². The number of rotatable bonds is 5. The normalized spacial score (nSPS) is 16.9. The van der Waals surface area contributed by atoms with Crippen LogP contribution in [0.3, 0.4) is 0 Å². The zero-order valence-electron chi connectivity index (χ0n) is 14.7. The molecule has 0 spiro atoms. The van der Waals surface area contributed by atoms with Crippen molar-refractivity contribution in [1.29, 1.82) is 0 Å². The van der Waals surface area contributed by atoms with Gasteiger partial charge in [-0.2, -0.15) is 4.31 Å². The van der Waals surface area contributed by atoms with E-state index in [1.807, 2.05) is 37.3 Å². The predicted octanol–water partition coefficient (Wildman–Crippen LogP) is 2.02. The molecule has 26 heavy (non-hydrogen) atoms. The number of benzene rings is 2. The Kier molecular flexibility index (Phi) is 5.58. The molecule has 1 fully saturated rings. The Hall–Kier alpha value is -2.38. The number of sulfonamides is 1. The van der Waals surface area contributed by atoms with Gasteiger partial charge in [-0.25, -0.2) is 8.42 Å². The Morgan fingerprint density at radius 2 is 1.46 bits per heavy atom. The van der Waals surface area contributed by atoms with Crippen LogP contribution in [0.2, 0.25) is 0 Å². The van der Waals surface area contributed by atoms with Crippen LogP contribution in [0.4, 0.5) is 5.69 Å². The van der Waals surface area contributed by atoms with Gasteiger partial charge in [0.25, 0.3) is 0 Å². The zero-order chi connectivity index (χ0) is 18.6. The van der Waals surface area contributed by atoms with E-state index in [4.69, 9.17) is 0 Å². The molecule has 0 bridgehead atoms. The molecule has 1 N–H and O–H groups in total. The zero-order valence-corrected chi connectivity index (χ0v) is 15.5. The summed E-state index contributed by atoms with van der Waals surface area (Å²) in [6.45, 7) is 3.22. The monoisotopic (exact) mass is 373 g/mol. The van der Waals surface area contributed by atoms with E-state index in [1.165, 1.54) is 4.31 Å². The number of nitrogens with one attached hydrogen (secondary N) is 1. The summed E-state index contributed by atoms with van der Waals surface area (Å²) >= 11 is 0. The fourth-order valence-electron chi connectivity index (χ4n) is 3.01. The Bertz CT molecular complexity index is 833. The van der Waals surface area contributed by atoms with E-state index in [-0.39, 0.29) is 11.9 Å². The van der Waals surface area contributed by atoms with Gasteiger partial charge in [0, 0.05) is 31.9 Å². The Morgan fingerprint density at radius 3 is 2.04 bits per heavy atom. The number of piperazine rings is 1. The average Bonchev–Trinajstić information content (AvgIpc) is 2.69. The standard InChI is InChI=1S/C19H23N3O3S/c1-16(20-17-8-4-2-5-9-17)19(23)21-12-14-22(15-13-21)26(24,25)18-10-6-3-7-11-18/h2-11,16,20H,12-15H2,1H3/t16-/m0/s1. The molecule has 0 aromatic heterocycles. The molecule has 1 aliphatic rings. The van der Waals surface area contributed by atoms with Gasteiger partial charge in [-0.1, -0.05) is 36.4 Å². The van der Waals surface area contributed by atoms with E-state index in [0.29, 0.717) is 31.1 Å². The summed E-state index contributed by atoms with van der Waals surface area (Å²) in [4.78, 5) is 14.6. The number of amides is 1. The number of nitrogens with zero attached hydrogens (tertiary/aromatic N) is 2. The highest BCUT2D eigenvalue weighted by atomic mass is 32.2. The van der Waals surface area contributed by atoms with Gasteiger partial charge in [-0.05, 0) is 31.2 Å². The van der Waals surface area contributed by atoms with Crippen LogP contribution in [-0.2, 0) is 14.8 Å². The lowest BCUT2D eigenvalue weighted by Crippen LogP contribution is -2.53. The van der Waals surface area contributed by atoms with E-state index in [2.05, 4.69) is 5.32 Å². The molecule has 0 saturated carbocycles. The van der Waals surface area contributed by atoms with E-state index >= 15 is 0 Å². The smallest absolute Gasteiger partial charge is 0.244 e. The quantitative estimate of drug-likeness (QED) is 0.871.